The van der Waals surface area contributed by atoms with Crippen LogP contribution in [0.2, 0.25) is 0 Å². The van der Waals surface area contributed by atoms with Crippen molar-refractivity contribution in [3.05, 3.63) is 59.7 Å². The number of aliphatic carboxylic acids is 1. The molecular weight excluding hydrogens is 444 g/mol. The molecule has 2 saturated carbocycles. The number of benzene rings is 2. The molecule has 7 heteroatoms. The number of carbonyl (C=O) groups is 3. The molecule has 2 aromatic rings. The van der Waals surface area contributed by atoms with Crippen LogP contribution >= 0.6 is 0 Å². The standard InChI is InChI=1S/C28H32N2O5/c1-16(2)24(12-25(31)29-18-11-17-13-28(17,14-18)26(32)33)30-27(34)35-15-23-21-9-5-3-7-19(21)20-8-4-6-10-22(20)23/h3-10,16-18,23-24H,11-15H2,1-2H3,(H,29,31)(H,30,34)(H,32,33)/t17?,18?,24-,28?/m0/s1. The van der Waals surface area contributed by atoms with Gasteiger partial charge >= 0.3 is 12.1 Å². The molecule has 3 aliphatic carbocycles. The van der Waals surface area contributed by atoms with Gasteiger partial charge < -0.3 is 20.5 Å². The smallest absolute Gasteiger partial charge is 0.407 e. The van der Waals surface area contributed by atoms with Gasteiger partial charge in [0.2, 0.25) is 5.91 Å². The first kappa shape index (κ1) is 23.4. The average molecular weight is 477 g/mol. The number of alkyl carbamates (subject to hydrolysis) is 1. The molecule has 0 heterocycles. The zero-order valence-electron chi connectivity index (χ0n) is 20.1. The first-order chi connectivity index (χ1) is 16.8. The third kappa shape index (κ3) is 4.40. The summed E-state index contributed by atoms with van der Waals surface area (Å²) in [5, 5.41) is 15.3. The maximum Gasteiger partial charge on any atom is 0.407 e. The lowest BCUT2D eigenvalue weighted by molar-refractivity contribution is -0.143. The van der Waals surface area contributed by atoms with Gasteiger partial charge in [-0.1, -0.05) is 62.4 Å². The van der Waals surface area contributed by atoms with Crippen LogP contribution in [0.3, 0.4) is 0 Å². The molecule has 4 atom stereocenters. The molecule has 0 saturated heterocycles. The molecule has 184 valence electrons. The topological polar surface area (TPSA) is 105 Å². The van der Waals surface area contributed by atoms with E-state index >= 15 is 0 Å². The first-order valence-corrected chi connectivity index (χ1v) is 12.4. The van der Waals surface area contributed by atoms with E-state index in [0.29, 0.717) is 19.3 Å². The van der Waals surface area contributed by atoms with Crippen molar-refractivity contribution in [3.8, 4) is 11.1 Å². The van der Waals surface area contributed by atoms with Gasteiger partial charge in [-0.25, -0.2) is 4.79 Å². The van der Waals surface area contributed by atoms with Gasteiger partial charge in [0.05, 0.1) is 5.41 Å². The van der Waals surface area contributed by atoms with Crippen LogP contribution in [-0.2, 0) is 14.3 Å². The minimum Gasteiger partial charge on any atom is -0.481 e. The predicted octanol–water partition coefficient (Wildman–Crippen LogP) is 4.31. The molecular formula is C28H32N2O5. The van der Waals surface area contributed by atoms with Crippen molar-refractivity contribution in [3.63, 3.8) is 0 Å². The lowest BCUT2D eigenvalue weighted by atomic mass is 9.98. The summed E-state index contributed by atoms with van der Waals surface area (Å²) in [5.74, 6) is -0.747. The highest BCUT2D eigenvalue weighted by Crippen LogP contribution is 2.63. The Morgan fingerprint density at radius 3 is 2.23 bits per heavy atom. The molecule has 0 spiro atoms. The Morgan fingerprint density at radius 1 is 1.03 bits per heavy atom. The van der Waals surface area contributed by atoms with Crippen LogP contribution in [0.25, 0.3) is 11.1 Å². The van der Waals surface area contributed by atoms with E-state index in [0.717, 1.165) is 11.1 Å². The normalized spacial score (nSPS) is 24.8. The van der Waals surface area contributed by atoms with Crippen LogP contribution in [0.5, 0.6) is 0 Å². The van der Waals surface area contributed by atoms with Crippen LogP contribution in [-0.4, -0.2) is 41.8 Å². The maximum atomic E-state index is 12.7. The summed E-state index contributed by atoms with van der Waals surface area (Å²) in [7, 11) is 0. The van der Waals surface area contributed by atoms with E-state index in [1.807, 2.05) is 38.1 Å². The second-order valence-corrected chi connectivity index (χ2v) is 10.6. The second kappa shape index (κ2) is 9.02. The molecule has 3 aliphatic rings. The van der Waals surface area contributed by atoms with E-state index in [-0.39, 0.29) is 48.8 Å². The Balaban J connectivity index is 1.15. The third-order valence-corrected chi connectivity index (χ3v) is 8.06. The monoisotopic (exact) mass is 476 g/mol. The summed E-state index contributed by atoms with van der Waals surface area (Å²) in [6.45, 7) is 4.12. The Labute approximate surface area is 205 Å². The zero-order chi connectivity index (χ0) is 24.7. The van der Waals surface area contributed by atoms with Gasteiger partial charge in [-0.3, -0.25) is 9.59 Å². The second-order valence-electron chi connectivity index (χ2n) is 10.6. The minimum absolute atomic E-state index is 0.0238. The van der Waals surface area contributed by atoms with Gasteiger partial charge in [0.1, 0.15) is 6.61 Å². The van der Waals surface area contributed by atoms with Crippen molar-refractivity contribution in [2.24, 2.45) is 17.3 Å². The van der Waals surface area contributed by atoms with Crippen LogP contribution in [0.1, 0.15) is 56.6 Å². The maximum absolute atomic E-state index is 12.7. The molecule has 3 N–H and O–H groups in total. The van der Waals surface area contributed by atoms with Crippen molar-refractivity contribution < 1.29 is 24.2 Å². The molecule has 0 aliphatic heterocycles. The summed E-state index contributed by atoms with van der Waals surface area (Å²) in [5.41, 5.74) is 4.01. The highest BCUT2D eigenvalue weighted by Gasteiger charge is 2.65. The third-order valence-electron chi connectivity index (χ3n) is 8.06. The fraction of sp³-hybridized carbons (Fsp3) is 0.464. The largest absolute Gasteiger partial charge is 0.481 e. The van der Waals surface area contributed by atoms with E-state index in [1.54, 1.807) is 0 Å². The van der Waals surface area contributed by atoms with Crippen molar-refractivity contribution in [2.75, 3.05) is 6.61 Å². The number of hydrogen-bond acceptors (Lipinski definition) is 4. The highest BCUT2D eigenvalue weighted by atomic mass is 16.5. The molecule has 2 fully saturated rings. The van der Waals surface area contributed by atoms with Gasteiger partial charge in [-0.15, -0.1) is 0 Å². The zero-order valence-corrected chi connectivity index (χ0v) is 20.1. The number of rotatable bonds is 8. The SMILES string of the molecule is CC(C)[C@H](CC(=O)NC1CC2CC2(C(=O)O)C1)NC(=O)OCC1c2ccccc2-c2ccccc21. The Kier molecular flexibility index (Phi) is 6.03. The fourth-order valence-corrected chi connectivity index (χ4v) is 6.00. The summed E-state index contributed by atoms with van der Waals surface area (Å²) < 4.78 is 5.65. The number of amides is 2. The van der Waals surface area contributed by atoms with E-state index in [9.17, 15) is 19.5 Å². The molecule has 5 rings (SSSR count). The van der Waals surface area contributed by atoms with Crippen molar-refractivity contribution in [1.29, 1.82) is 0 Å². The van der Waals surface area contributed by atoms with Gasteiger partial charge in [-0.2, -0.15) is 0 Å². The van der Waals surface area contributed by atoms with Gasteiger partial charge in [0.15, 0.2) is 0 Å². The Bertz CT molecular complexity index is 1120. The summed E-state index contributed by atoms with van der Waals surface area (Å²) >= 11 is 0. The lowest BCUT2D eigenvalue weighted by Gasteiger charge is -2.24. The van der Waals surface area contributed by atoms with Crippen LogP contribution in [0.15, 0.2) is 48.5 Å². The molecule has 35 heavy (non-hydrogen) atoms. The molecule has 2 amide bonds. The predicted molar refractivity (Wildman–Crippen MR) is 131 cm³/mol. The van der Waals surface area contributed by atoms with E-state index in [4.69, 9.17) is 4.74 Å². The Hall–Kier alpha value is -3.35. The Morgan fingerprint density at radius 2 is 1.66 bits per heavy atom. The molecule has 3 unspecified atom stereocenters. The van der Waals surface area contributed by atoms with Gasteiger partial charge in [0, 0.05) is 24.4 Å². The highest BCUT2D eigenvalue weighted by molar-refractivity contribution is 5.81. The number of carbonyl (C=O) groups excluding carboxylic acids is 2. The minimum atomic E-state index is -0.753. The molecule has 0 aromatic heterocycles. The number of ether oxygens (including phenoxy) is 1. The molecule has 7 nitrogen and oxygen atoms in total. The number of nitrogens with one attached hydrogen (secondary N) is 2. The lowest BCUT2D eigenvalue weighted by Crippen LogP contribution is -2.44. The van der Waals surface area contributed by atoms with E-state index in [2.05, 4.69) is 34.9 Å². The number of hydrogen-bond donors (Lipinski definition) is 3. The van der Waals surface area contributed by atoms with Gasteiger partial charge in [-0.05, 0) is 53.4 Å². The number of carboxylic acid groups (broad SMARTS) is 1. The number of fused-ring (bicyclic) bond motifs is 4. The summed E-state index contributed by atoms with van der Waals surface area (Å²) in [4.78, 5) is 36.9. The summed E-state index contributed by atoms with van der Waals surface area (Å²) in [6, 6.07) is 15.9. The fourth-order valence-electron chi connectivity index (χ4n) is 6.00. The average Bonchev–Trinajstić information content (AvgIpc) is 3.26. The van der Waals surface area contributed by atoms with Crippen LogP contribution in [0.4, 0.5) is 4.79 Å². The first-order valence-electron chi connectivity index (χ1n) is 12.4. The van der Waals surface area contributed by atoms with Crippen molar-refractivity contribution >= 4 is 18.0 Å². The van der Waals surface area contributed by atoms with Crippen LogP contribution < -0.4 is 10.6 Å². The molecule has 0 bridgehead atoms. The van der Waals surface area contributed by atoms with Crippen molar-refractivity contribution in [1.82, 2.24) is 10.6 Å². The van der Waals surface area contributed by atoms with E-state index < -0.39 is 17.5 Å². The van der Waals surface area contributed by atoms with Gasteiger partial charge in [0.25, 0.3) is 0 Å². The van der Waals surface area contributed by atoms with Crippen molar-refractivity contribution in [2.45, 2.75) is 57.5 Å². The number of carboxylic acids is 1. The summed E-state index contributed by atoms with van der Waals surface area (Å²) in [6.07, 6.45) is 1.51. The molecule has 2 aromatic carbocycles. The quantitative estimate of drug-likeness (QED) is 0.527. The molecule has 0 radical (unpaired) electrons. The van der Waals surface area contributed by atoms with Crippen LogP contribution in [0, 0.1) is 17.3 Å². The van der Waals surface area contributed by atoms with E-state index in [1.165, 1.54) is 11.1 Å².